The molecule has 0 radical (unpaired) electrons. The van der Waals surface area contributed by atoms with Gasteiger partial charge in [0.2, 0.25) is 0 Å². The lowest BCUT2D eigenvalue weighted by Gasteiger charge is -2.26. The van der Waals surface area contributed by atoms with E-state index < -0.39 is 29.8 Å². The molecule has 0 saturated carbocycles. The van der Waals surface area contributed by atoms with E-state index in [1.165, 1.54) is 4.90 Å². The molecule has 1 unspecified atom stereocenters. The van der Waals surface area contributed by atoms with Crippen molar-refractivity contribution >= 4 is 23.0 Å². The van der Waals surface area contributed by atoms with Crippen molar-refractivity contribution in [1.82, 2.24) is 9.88 Å². The Morgan fingerprint density at radius 2 is 1.82 bits per heavy atom. The fraction of sp³-hybridized carbons (Fsp3) is 0.346. The van der Waals surface area contributed by atoms with Gasteiger partial charge in [0.05, 0.1) is 24.9 Å². The molecule has 1 aliphatic rings. The third kappa shape index (κ3) is 5.06. The molecule has 2 atom stereocenters. The highest BCUT2D eigenvalue weighted by Crippen LogP contribution is 2.34. The zero-order valence-corrected chi connectivity index (χ0v) is 19.6. The second kappa shape index (κ2) is 9.21. The number of hydrogen-bond acceptors (Lipinski definition) is 6. The number of carboxylic acid groups (broad SMARTS) is 1. The minimum atomic E-state index is -1.09. The highest BCUT2D eigenvalue weighted by Gasteiger charge is 2.42. The topological polar surface area (TPSA) is 98.2 Å². The molecule has 1 aliphatic heterocycles. The highest BCUT2D eigenvalue weighted by atomic mass is 16.6. The van der Waals surface area contributed by atoms with Crippen molar-refractivity contribution in [3.63, 3.8) is 0 Å². The van der Waals surface area contributed by atoms with Gasteiger partial charge >= 0.3 is 12.1 Å². The van der Waals surface area contributed by atoms with Crippen LogP contribution in [0.2, 0.25) is 0 Å². The number of ether oxygens (including phenoxy) is 3. The van der Waals surface area contributed by atoms with Crippen LogP contribution in [0.15, 0.2) is 54.6 Å². The fourth-order valence-corrected chi connectivity index (χ4v) is 3.98. The zero-order valence-electron chi connectivity index (χ0n) is 19.6. The lowest BCUT2D eigenvalue weighted by Crippen LogP contribution is -2.43. The van der Waals surface area contributed by atoms with Gasteiger partial charge in [-0.15, -0.1) is 0 Å². The average molecular weight is 465 g/mol. The summed E-state index contributed by atoms with van der Waals surface area (Å²) in [4.78, 5) is 30.5. The molecule has 34 heavy (non-hydrogen) atoms. The van der Waals surface area contributed by atoms with Crippen LogP contribution in [-0.2, 0) is 9.53 Å². The largest absolute Gasteiger partial charge is 0.497 e. The number of hydrogen-bond donors (Lipinski definition) is 1. The smallest absolute Gasteiger partial charge is 0.411 e. The van der Waals surface area contributed by atoms with Crippen molar-refractivity contribution in [1.29, 1.82) is 0 Å². The number of methoxy groups -OCH3 is 1. The molecule has 0 aliphatic carbocycles. The Morgan fingerprint density at radius 1 is 1.09 bits per heavy atom. The molecule has 1 aromatic heterocycles. The molecule has 1 fully saturated rings. The average Bonchev–Trinajstić information content (AvgIpc) is 3.22. The summed E-state index contributed by atoms with van der Waals surface area (Å²) in [5.41, 5.74) is 1.59. The van der Waals surface area contributed by atoms with E-state index in [0.29, 0.717) is 22.7 Å². The second-order valence-corrected chi connectivity index (χ2v) is 9.22. The summed E-state index contributed by atoms with van der Waals surface area (Å²) < 4.78 is 17.1. The van der Waals surface area contributed by atoms with Gasteiger partial charge in [-0.05, 0) is 32.9 Å². The number of fused-ring (bicyclic) bond motifs is 1. The number of likely N-dealkylation sites (tertiary alicyclic amines) is 1. The standard InChI is InChI=1S/C26H28N2O6/c1-26(2,3)34-25(31)28-15-18(13-22(28)24(29)30)33-23-14-20(16-8-6-5-7-9-16)27-21-12-17(32-4)10-11-19(21)23/h5-12,14,18,22H,13,15H2,1-4H3,(H,29,30)/t18?,22-/m0/s1. The lowest BCUT2D eigenvalue weighted by atomic mass is 10.1. The molecule has 2 aromatic carbocycles. The number of aromatic nitrogens is 1. The molecule has 0 spiro atoms. The lowest BCUT2D eigenvalue weighted by molar-refractivity contribution is -0.142. The summed E-state index contributed by atoms with van der Waals surface area (Å²) in [6.07, 6.45) is -1.04. The predicted molar refractivity (Wildman–Crippen MR) is 127 cm³/mol. The second-order valence-electron chi connectivity index (χ2n) is 9.22. The van der Waals surface area contributed by atoms with Crippen LogP contribution in [0.4, 0.5) is 4.79 Å². The fourth-order valence-electron chi connectivity index (χ4n) is 3.98. The normalized spacial score (nSPS) is 18.1. The SMILES string of the molecule is COc1ccc2c(OC3C[C@@H](C(=O)O)N(C(=O)OC(C)(C)C)C3)cc(-c3ccccc3)nc2c1. The van der Waals surface area contributed by atoms with Gasteiger partial charge in [-0.2, -0.15) is 0 Å². The van der Waals surface area contributed by atoms with Gasteiger partial charge in [0.15, 0.2) is 0 Å². The van der Waals surface area contributed by atoms with E-state index in [9.17, 15) is 14.7 Å². The first-order chi connectivity index (χ1) is 16.1. The number of benzene rings is 2. The summed E-state index contributed by atoms with van der Waals surface area (Å²) in [7, 11) is 1.59. The van der Waals surface area contributed by atoms with Crippen LogP contribution in [0.5, 0.6) is 11.5 Å². The summed E-state index contributed by atoms with van der Waals surface area (Å²) in [5, 5.41) is 10.5. The Balaban J connectivity index is 1.68. The molecule has 8 heteroatoms. The predicted octanol–water partition coefficient (Wildman–Crippen LogP) is 4.75. The van der Waals surface area contributed by atoms with E-state index in [4.69, 9.17) is 19.2 Å². The van der Waals surface area contributed by atoms with Crippen molar-refractivity contribution in [2.45, 2.75) is 44.9 Å². The van der Waals surface area contributed by atoms with Crippen molar-refractivity contribution in [3.05, 3.63) is 54.6 Å². The molecular weight excluding hydrogens is 436 g/mol. The molecule has 8 nitrogen and oxygen atoms in total. The molecule has 1 saturated heterocycles. The summed E-state index contributed by atoms with van der Waals surface area (Å²) in [5.74, 6) is 0.136. The first-order valence-electron chi connectivity index (χ1n) is 11.1. The van der Waals surface area contributed by atoms with Crippen LogP contribution in [0.3, 0.4) is 0 Å². The maximum absolute atomic E-state index is 12.7. The summed E-state index contributed by atoms with van der Waals surface area (Å²) >= 11 is 0. The third-order valence-electron chi connectivity index (χ3n) is 5.52. The number of carbonyl (C=O) groups is 2. The van der Waals surface area contributed by atoms with Crippen LogP contribution in [0, 0.1) is 0 Å². The molecule has 178 valence electrons. The molecular formula is C26H28N2O6. The zero-order chi connectivity index (χ0) is 24.5. The molecule has 1 amide bonds. The third-order valence-corrected chi connectivity index (χ3v) is 5.52. The van der Waals surface area contributed by atoms with E-state index in [1.54, 1.807) is 27.9 Å². The van der Waals surface area contributed by atoms with E-state index in [2.05, 4.69) is 0 Å². The van der Waals surface area contributed by atoms with Crippen molar-refractivity contribution in [3.8, 4) is 22.8 Å². The molecule has 3 aromatic rings. The maximum atomic E-state index is 12.7. The first kappa shape index (κ1) is 23.4. The van der Waals surface area contributed by atoms with E-state index >= 15 is 0 Å². The Bertz CT molecular complexity index is 1210. The van der Waals surface area contributed by atoms with Gasteiger partial charge in [0.25, 0.3) is 0 Å². The van der Waals surface area contributed by atoms with E-state index in [0.717, 1.165) is 10.9 Å². The van der Waals surface area contributed by atoms with Crippen LogP contribution in [-0.4, -0.2) is 58.5 Å². The number of nitrogens with zero attached hydrogens (tertiary/aromatic N) is 2. The number of carbonyl (C=O) groups excluding carboxylic acids is 1. The van der Waals surface area contributed by atoms with Crippen molar-refractivity contribution in [2.75, 3.05) is 13.7 Å². The first-order valence-corrected chi connectivity index (χ1v) is 11.1. The molecule has 1 N–H and O–H groups in total. The van der Waals surface area contributed by atoms with Crippen molar-refractivity contribution in [2.24, 2.45) is 0 Å². The van der Waals surface area contributed by atoms with Gasteiger partial charge in [0.1, 0.15) is 29.2 Å². The van der Waals surface area contributed by atoms with E-state index in [1.807, 2.05) is 54.6 Å². The van der Waals surface area contributed by atoms with E-state index in [-0.39, 0.29) is 13.0 Å². The highest BCUT2D eigenvalue weighted by molar-refractivity contribution is 5.89. The Hall–Kier alpha value is -3.81. The van der Waals surface area contributed by atoms with Crippen molar-refractivity contribution < 1.29 is 28.9 Å². The van der Waals surface area contributed by atoms with Gasteiger partial charge in [-0.25, -0.2) is 14.6 Å². The Labute approximate surface area is 198 Å². The van der Waals surface area contributed by atoms with Gasteiger partial charge in [-0.1, -0.05) is 30.3 Å². The van der Waals surface area contributed by atoms with Gasteiger partial charge in [0, 0.05) is 29.5 Å². The minimum Gasteiger partial charge on any atom is -0.497 e. The van der Waals surface area contributed by atoms with Crippen LogP contribution in [0.1, 0.15) is 27.2 Å². The quantitative estimate of drug-likeness (QED) is 0.582. The van der Waals surface area contributed by atoms with Crippen LogP contribution < -0.4 is 9.47 Å². The Kier molecular flexibility index (Phi) is 6.32. The summed E-state index contributed by atoms with van der Waals surface area (Å²) in [6, 6.07) is 16.0. The minimum absolute atomic E-state index is 0.104. The monoisotopic (exact) mass is 464 g/mol. The molecule has 0 bridgehead atoms. The number of pyridine rings is 1. The number of aliphatic carboxylic acids is 1. The molecule has 4 rings (SSSR count). The number of carboxylic acids is 1. The number of amides is 1. The Morgan fingerprint density at radius 3 is 2.47 bits per heavy atom. The number of rotatable bonds is 5. The summed E-state index contributed by atoms with van der Waals surface area (Å²) in [6.45, 7) is 5.33. The maximum Gasteiger partial charge on any atom is 0.411 e. The van der Waals surface area contributed by atoms with Gasteiger partial charge in [-0.3, -0.25) is 4.90 Å². The van der Waals surface area contributed by atoms with Crippen LogP contribution in [0.25, 0.3) is 22.2 Å². The molecule has 2 heterocycles. The van der Waals surface area contributed by atoms with Crippen LogP contribution >= 0.6 is 0 Å². The van der Waals surface area contributed by atoms with Gasteiger partial charge < -0.3 is 19.3 Å².